The Morgan fingerprint density at radius 3 is 2.43 bits per heavy atom. The van der Waals surface area contributed by atoms with Gasteiger partial charge in [0, 0.05) is 43.0 Å². The molecule has 2 aromatic carbocycles. The zero-order valence-corrected chi connectivity index (χ0v) is 17.4. The zero-order chi connectivity index (χ0) is 20.8. The summed E-state index contributed by atoms with van der Waals surface area (Å²) in [6.45, 7) is 6.81. The van der Waals surface area contributed by atoms with E-state index in [0.29, 0.717) is 0 Å². The second-order valence-corrected chi connectivity index (χ2v) is 7.53. The summed E-state index contributed by atoms with van der Waals surface area (Å²) in [5.41, 5.74) is 3.83. The third kappa shape index (κ3) is 4.69. The predicted octanol–water partition coefficient (Wildman–Crippen LogP) is 4.11. The molecule has 5 nitrogen and oxygen atoms in total. The van der Waals surface area contributed by atoms with E-state index in [1.54, 1.807) is 6.08 Å². The van der Waals surface area contributed by atoms with Gasteiger partial charge in [-0.25, -0.2) is 4.68 Å². The van der Waals surface area contributed by atoms with Gasteiger partial charge in [0.05, 0.1) is 11.4 Å². The summed E-state index contributed by atoms with van der Waals surface area (Å²) in [5.74, 6) is 0.0689. The van der Waals surface area contributed by atoms with Crippen LogP contribution in [0.15, 0.2) is 72.9 Å². The summed E-state index contributed by atoms with van der Waals surface area (Å²) >= 11 is 0. The van der Waals surface area contributed by atoms with E-state index >= 15 is 0 Å². The first-order valence-electron chi connectivity index (χ1n) is 10.6. The molecule has 0 saturated carbocycles. The van der Waals surface area contributed by atoms with Crippen LogP contribution >= 0.6 is 0 Å². The van der Waals surface area contributed by atoms with E-state index < -0.39 is 0 Å². The van der Waals surface area contributed by atoms with Crippen molar-refractivity contribution in [3.8, 4) is 16.9 Å². The first kappa shape index (κ1) is 20.1. The molecule has 0 radical (unpaired) electrons. The summed E-state index contributed by atoms with van der Waals surface area (Å²) in [5, 5.41) is 4.81. The van der Waals surface area contributed by atoms with Gasteiger partial charge in [0.2, 0.25) is 5.91 Å². The van der Waals surface area contributed by atoms with Crippen LogP contribution in [0.25, 0.3) is 23.0 Å². The topological polar surface area (TPSA) is 41.4 Å². The van der Waals surface area contributed by atoms with Crippen LogP contribution in [0.2, 0.25) is 0 Å². The van der Waals surface area contributed by atoms with Gasteiger partial charge in [-0.05, 0) is 37.7 Å². The molecule has 4 rings (SSSR count). The predicted molar refractivity (Wildman–Crippen MR) is 121 cm³/mol. The molecule has 30 heavy (non-hydrogen) atoms. The lowest BCUT2D eigenvalue weighted by molar-refractivity contribution is -0.125. The van der Waals surface area contributed by atoms with Gasteiger partial charge in [-0.3, -0.25) is 4.79 Å². The van der Waals surface area contributed by atoms with Gasteiger partial charge in [0.15, 0.2) is 0 Å². The number of likely N-dealkylation sites (N-methyl/N-ethyl adjacent to an activating group) is 1. The van der Waals surface area contributed by atoms with Crippen LogP contribution < -0.4 is 0 Å². The molecule has 0 aliphatic carbocycles. The van der Waals surface area contributed by atoms with Crippen LogP contribution in [0.4, 0.5) is 0 Å². The van der Waals surface area contributed by atoms with Crippen molar-refractivity contribution in [1.82, 2.24) is 19.6 Å². The fourth-order valence-electron chi connectivity index (χ4n) is 3.82. The number of carbonyl (C=O) groups is 1. The lowest BCUT2D eigenvalue weighted by Gasteiger charge is -2.19. The second kappa shape index (κ2) is 9.55. The number of aromatic nitrogens is 2. The Hall–Kier alpha value is -3.18. The molecule has 0 atom stereocenters. The van der Waals surface area contributed by atoms with Crippen molar-refractivity contribution in [3.63, 3.8) is 0 Å². The van der Waals surface area contributed by atoms with E-state index in [2.05, 4.69) is 11.8 Å². The highest BCUT2D eigenvalue weighted by atomic mass is 16.2. The monoisotopic (exact) mass is 400 g/mol. The summed E-state index contributed by atoms with van der Waals surface area (Å²) in [7, 11) is 0. The van der Waals surface area contributed by atoms with E-state index in [1.807, 2.05) is 82.5 Å². The van der Waals surface area contributed by atoms with Gasteiger partial charge in [0.1, 0.15) is 0 Å². The minimum Gasteiger partial charge on any atom is -0.338 e. The minimum absolute atomic E-state index is 0.0689. The number of benzene rings is 2. The van der Waals surface area contributed by atoms with Crippen LogP contribution in [-0.2, 0) is 4.79 Å². The molecule has 3 aromatic rings. The SMILES string of the molecule is CCN1CCCN(C(=O)/C=C/c2cn(-c3ccccc3)nc2-c2ccccc2)CC1. The molecule has 1 aromatic heterocycles. The maximum Gasteiger partial charge on any atom is 0.246 e. The minimum atomic E-state index is 0.0689. The Morgan fingerprint density at radius 1 is 0.967 bits per heavy atom. The lowest BCUT2D eigenvalue weighted by atomic mass is 10.1. The smallest absolute Gasteiger partial charge is 0.246 e. The zero-order valence-electron chi connectivity index (χ0n) is 17.4. The molecule has 5 heteroatoms. The lowest BCUT2D eigenvalue weighted by Crippen LogP contribution is -2.34. The summed E-state index contributed by atoms with van der Waals surface area (Å²) < 4.78 is 1.87. The van der Waals surface area contributed by atoms with Crippen molar-refractivity contribution < 1.29 is 4.79 Å². The number of para-hydroxylation sites is 1. The Balaban J connectivity index is 1.59. The van der Waals surface area contributed by atoms with Crippen molar-refractivity contribution >= 4 is 12.0 Å². The van der Waals surface area contributed by atoms with Crippen molar-refractivity contribution in [2.75, 3.05) is 32.7 Å². The molecule has 1 fully saturated rings. The van der Waals surface area contributed by atoms with E-state index in [1.165, 1.54) is 0 Å². The molecule has 0 bridgehead atoms. The molecule has 1 saturated heterocycles. The highest BCUT2D eigenvalue weighted by molar-refractivity contribution is 5.93. The molecular weight excluding hydrogens is 372 g/mol. The summed E-state index contributed by atoms with van der Waals surface area (Å²) in [4.78, 5) is 17.2. The molecular formula is C25H28N4O. The third-order valence-electron chi connectivity index (χ3n) is 5.56. The molecule has 0 spiro atoms. The highest BCUT2D eigenvalue weighted by Gasteiger charge is 2.17. The highest BCUT2D eigenvalue weighted by Crippen LogP contribution is 2.24. The van der Waals surface area contributed by atoms with Crippen LogP contribution in [-0.4, -0.2) is 58.2 Å². The molecule has 2 heterocycles. The maximum absolute atomic E-state index is 12.8. The molecule has 1 amide bonds. The number of nitrogens with zero attached hydrogens (tertiary/aromatic N) is 4. The Kier molecular flexibility index (Phi) is 6.40. The fourth-order valence-corrected chi connectivity index (χ4v) is 3.82. The van der Waals surface area contributed by atoms with Gasteiger partial charge < -0.3 is 9.80 Å². The van der Waals surface area contributed by atoms with Crippen molar-refractivity contribution in [2.45, 2.75) is 13.3 Å². The van der Waals surface area contributed by atoms with Crippen molar-refractivity contribution in [2.24, 2.45) is 0 Å². The molecule has 1 aliphatic rings. The van der Waals surface area contributed by atoms with Crippen molar-refractivity contribution in [1.29, 1.82) is 0 Å². The van der Waals surface area contributed by atoms with Crippen LogP contribution in [0, 0.1) is 0 Å². The van der Waals surface area contributed by atoms with Crippen LogP contribution in [0.3, 0.4) is 0 Å². The first-order chi connectivity index (χ1) is 14.7. The fraction of sp³-hybridized carbons (Fsp3) is 0.280. The summed E-state index contributed by atoms with van der Waals surface area (Å²) in [6, 6.07) is 20.1. The van der Waals surface area contributed by atoms with Gasteiger partial charge >= 0.3 is 0 Å². The van der Waals surface area contributed by atoms with Gasteiger partial charge in [0.25, 0.3) is 0 Å². The number of rotatable bonds is 5. The number of amides is 1. The van der Waals surface area contributed by atoms with Gasteiger partial charge in [-0.2, -0.15) is 5.10 Å². The van der Waals surface area contributed by atoms with Gasteiger partial charge in [-0.1, -0.05) is 55.5 Å². The van der Waals surface area contributed by atoms with Crippen molar-refractivity contribution in [3.05, 3.63) is 78.5 Å². The third-order valence-corrected chi connectivity index (χ3v) is 5.56. The quantitative estimate of drug-likeness (QED) is 0.606. The van der Waals surface area contributed by atoms with E-state index in [0.717, 1.165) is 61.7 Å². The van der Waals surface area contributed by atoms with E-state index in [-0.39, 0.29) is 5.91 Å². The van der Waals surface area contributed by atoms with Crippen LogP contribution in [0.1, 0.15) is 18.9 Å². The van der Waals surface area contributed by atoms with E-state index in [4.69, 9.17) is 5.10 Å². The first-order valence-corrected chi connectivity index (χ1v) is 10.6. The van der Waals surface area contributed by atoms with Crippen LogP contribution in [0.5, 0.6) is 0 Å². The average molecular weight is 401 g/mol. The Labute approximate surface area is 178 Å². The molecule has 0 N–H and O–H groups in total. The van der Waals surface area contributed by atoms with Gasteiger partial charge in [-0.15, -0.1) is 0 Å². The average Bonchev–Trinajstić information content (AvgIpc) is 3.08. The number of hydrogen-bond acceptors (Lipinski definition) is 3. The maximum atomic E-state index is 12.8. The number of hydrogen-bond donors (Lipinski definition) is 0. The molecule has 0 unspecified atom stereocenters. The Morgan fingerprint density at radius 2 is 1.70 bits per heavy atom. The van der Waals surface area contributed by atoms with E-state index in [9.17, 15) is 4.79 Å². The molecule has 154 valence electrons. The largest absolute Gasteiger partial charge is 0.338 e. The Bertz CT molecular complexity index is 995. The molecule has 1 aliphatic heterocycles. The number of carbonyl (C=O) groups excluding carboxylic acids is 1. The summed E-state index contributed by atoms with van der Waals surface area (Å²) in [6.07, 6.45) is 6.61. The standard InChI is InChI=1S/C25H28N4O/c1-2-27-16-9-17-28(19-18-27)24(30)15-14-22-20-29(23-12-7-4-8-13-23)26-25(22)21-10-5-3-6-11-21/h3-8,10-15,20H,2,9,16-19H2,1H3/b15-14+. The second-order valence-electron chi connectivity index (χ2n) is 7.53. The normalized spacial score (nSPS) is 15.4.